The van der Waals surface area contributed by atoms with E-state index in [-0.39, 0.29) is 17.9 Å². The number of rotatable bonds is 2. The molecule has 0 saturated carbocycles. The van der Waals surface area contributed by atoms with Gasteiger partial charge in [0.2, 0.25) is 0 Å². The van der Waals surface area contributed by atoms with Crippen molar-refractivity contribution in [3.63, 3.8) is 0 Å². The molecule has 0 aliphatic heterocycles. The van der Waals surface area contributed by atoms with Gasteiger partial charge in [0.25, 0.3) is 5.56 Å². The maximum absolute atomic E-state index is 13.4. The molecule has 1 aromatic carbocycles. The Morgan fingerprint density at radius 2 is 2.12 bits per heavy atom. The minimum Gasteiger partial charge on any atom is -0.307 e. The third kappa shape index (κ3) is 2.36. The number of aromatic nitrogens is 2. The molecule has 0 radical (unpaired) electrons. The van der Waals surface area contributed by atoms with Crippen molar-refractivity contribution in [2.45, 2.75) is 6.54 Å². The maximum Gasteiger partial charge on any atom is 0.269 e. The minimum atomic E-state index is -0.317. The summed E-state index contributed by atoms with van der Waals surface area (Å²) in [5.41, 5.74) is 0.217. The SMILES string of the molecule is O=c1cnc(Br)cn1Cc1ccccc1F. The molecule has 2 rings (SSSR count). The Balaban J connectivity index is 2.38. The molecular formula is C11H8BrFN2O. The zero-order valence-corrected chi connectivity index (χ0v) is 9.82. The Kier molecular flexibility index (Phi) is 3.14. The first-order chi connectivity index (χ1) is 7.66. The topological polar surface area (TPSA) is 34.9 Å². The zero-order chi connectivity index (χ0) is 11.5. The first-order valence-electron chi connectivity index (χ1n) is 4.62. The van der Waals surface area contributed by atoms with Gasteiger partial charge in [-0.2, -0.15) is 0 Å². The molecule has 1 heterocycles. The quantitative estimate of drug-likeness (QED) is 0.846. The van der Waals surface area contributed by atoms with Crippen LogP contribution in [0.2, 0.25) is 0 Å². The fourth-order valence-electron chi connectivity index (χ4n) is 1.35. The average molecular weight is 283 g/mol. The normalized spacial score (nSPS) is 10.4. The van der Waals surface area contributed by atoms with E-state index >= 15 is 0 Å². The van der Waals surface area contributed by atoms with Crippen LogP contribution in [0.15, 0.2) is 46.1 Å². The van der Waals surface area contributed by atoms with Crippen molar-refractivity contribution >= 4 is 15.9 Å². The van der Waals surface area contributed by atoms with Gasteiger partial charge in [0.15, 0.2) is 0 Å². The van der Waals surface area contributed by atoms with Crippen molar-refractivity contribution in [1.82, 2.24) is 9.55 Å². The van der Waals surface area contributed by atoms with Crippen LogP contribution in [0, 0.1) is 5.82 Å². The Morgan fingerprint density at radius 3 is 2.88 bits per heavy atom. The second-order valence-electron chi connectivity index (χ2n) is 3.27. The van der Waals surface area contributed by atoms with E-state index in [1.54, 1.807) is 18.2 Å². The molecule has 2 aromatic rings. The van der Waals surface area contributed by atoms with E-state index in [1.807, 2.05) is 0 Å². The lowest BCUT2D eigenvalue weighted by Crippen LogP contribution is -2.20. The second kappa shape index (κ2) is 4.57. The Morgan fingerprint density at radius 1 is 1.38 bits per heavy atom. The molecule has 0 amide bonds. The lowest BCUT2D eigenvalue weighted by atomic mass is 10.2. The fourth-order valence-corrected chi connectivity index (χ4v) is 1.70. The molecule has 3 nitrogen and oxygen atoms in total. The number of hydrogen-bond acceptors (Lipinski definition) is 2. The molecule has 0 atom stereocenters. The van der Waals surface area contributed by atoms with Crippen molar-refractivity contribution in [2.75, 3.05) is 0 Å². The summed E-state index contributed by atoms with van der Waals surface area (Å²) in [4.78, 5) is 15.2. The van der Waals surface area contributed by atoms with Gasteiger partial charge in [0, 0.05) is 11.8 Å². The molecule has 0 aliphatic carbocycles. The maximum atomic E-state index is 13.4. The first kappa shape index (κ1) is 11.0. The lowest BCUT2D eigenvalue weighted by molar-refractivity contribution is 0.595. The van der Waals surface area contributed by atoms with Gasteiger partial charge >= 0.3 is 0 Å². The van der Waals surface area contributed by atoms with Gasteiger partial charge in [0.05, 0.1) is 12.7 Å². The number of hydrogen-bond donors (Lipinski definition) is 0. The highest BCUT2D eigenvalue weighted by molar-refractivity contribution is 9.10. The van der Waals surface area contributed by atoms with E-state index in [1.165, 1.54) is 23.0 Å². The Hall–Kier alpha value is -1.49. The lowest BCUT2D eigenvalue weighted by Gasteiger charge is -2.06. The highest BCUT2D eigenvalue weighted by atomic mass is 79.9. The molecule has 0 unspecified atom stereocenters. The predicted molar refractivity (Wildman–Crippen MR) is 61.7 cm³/mol. The number of halogens is 2. The minimum absolute atomic E-state index is 0.201. The third-order valence-electron chi connectivity index (χ3n) is 2.14. The fraction of sp³-hybridized carbons (Fsp3) is 0.0909. The molecule has 0 aliphatic rings. The molecule has 16 heavy (non-hydrogen) atoms. The first-order valence-corrected chi connectivity index (χ1v) is 5.41. The Bertz CT molecular complexity index is 568. The molecule has 0 N–H and O–H groups in total. The van der Waals surface area contributed by atoms with E-state index in [4.69, 9.17) is 0 Å². The summed E-state index contributed by atoms with van der Waals surface area (Å²) >= 11 is 3.16. The van der Waals surface area contributed by atoms with E-state index in [0.717, 1.165) is 0 Å². The van der Waals surface area contributed by atoms with Gasteiger partial charge in [0.1, 0.15) is 10.4 Å². The van der Waals surface area contributed by atoms with E-state index < -0.39 is 0 Å². The van der Waals surface area contributed by atoms with Crippen LogP contribution in [0.3, 0.4) is 0 Å². The molecular weight excluding hydrogens is 275 g/mol. The average Bonchev–Trinajstić information content (AvgIpc) is 2.27. The van der Waals surface area contributed by atoms with Crippen LogP contribution in [0.5, 0.6) is 0 Å². The van der Waals surface area contributed by atoms with Crippen molar-refractivity contribution in [1.29, 1.82) is 0 Å². The smallest absolute Gasteiger partial charge is 0.269 e. The summed E-state index contributed by atoms with van der Waals surface area (Å²) in [5, 5.41) is 0. The Labute approximate surface area is 99.7 Å². The molecule has 82 valence electrons. The van der Waals surface area contributed by atoms with Crippen molar-refractivity contribution in [2.24, 2.45) is 0 Å². The van der Waals surface area contributed by atoms with Crippen LogP contribution in [0.4, 0.5) is 4.39 Å². The molecule has 0 fully saturated rings. The van der Waals surface area contributed by atoms with Crippen LogP contribution < -0.4 is 5.56 Å². The van der Waals surface area contributed by atoms with Crippen molar-refractivity contribution in [3.8, 4) is 0 Å². The highest BCUT2D eigenvalue weighted by Crippen LogP contribution is 2.08. The molecule has 0 bridgehead atoms. The standard InChI is InChI=1S/C11H8BrFN2O/c12-10-7-15(11(16)5-14-10)6-8-3-1-2-4-9(8)13/h1-5,7H,6H2. The van der Waals surface area contributed by atoms with Crippen LogP contribution in [-0.4, -0.2) is 9.55 Å². The summed E-state index contributed by atoms with van der Waals surface area (Å²) in [6, 6.07) is 6.37. The monoisotopic (exact) mass is 282 g/mol. The molecule has 0 saturated heterocycles. The van der Waals surface area contributed by atoms with Gasteiger partial charge < -0.3 is 4.57 Å². The van der Waals surface area contributed by atoms with Crippen molar-refractivity contribution in [3.05, 3.63) is 63.0 Å². The van der Waals surface area contributed by atoms with Crippen LogP contribution in [0.1, 0.15) is 5.56 Å². The van der Waals surface area contributed by atoms with Crippen molar-refractivity contribution < 1.29 is 4.39 Å². The second-order valence-corrected chi connectivity index (χ2v) is 4.08. The van der Waals surface area contributed by atoms with E-state index in [2.05, 4.69) is 20.9 Å². The molecule has 5 heteroatoms. The van der Waals surface area contributed by atoms with Gasteiger partial charge in [-0.15, -0.1) is 0 Å². The van der Waals surface area contributed by atoms with Gasteiger partial charge in [-0.1, -0.05) is 18.2 Å². The zero-order valence-electron chi connectivity index (χ0n) is 8.23. The van der Waals surface area contributed by atoms with Gasteiger partial charge in [-0.3, -0.25) is 4.79 Å². The van der Waals surface area contributed by atoms with Crippen LogP contribution >= 0.6 is 15.9 Å². The summed E-state index contributed by atoms with van der Waals surface area (Å²) in [7, 11) is 0. The highest BCUT2D eigenvalue weighted by Gasteiger charge is 2.03. The number of nitrogens with zero attached hydrogens (tertiary/aromatic N) is 2. The molecule has 0 spiro atoms. The third-order valence-corrected chi connectivity index (χ3v) is 2.55. The van der Waals surface area contributed by atoms with E-state index in [0.29, 0.717) is 10.2 Å². The molecule has 1 aromatic heterocycles. The van der Waals surface area contributed by atoms with Crippen LogP contribution in [0.25, 0.3) is 0 Å². The number of benzene rings is 1. The van der Waals surface area contributed by atoms with Gasteiger partial charge in [-0.25, -0.2) is 9.37 Å². The van der Waals surface area contributed by atoms with E-state index in [9.17, 15) is 9.18 Å². The summed E-state index contributed by atoms with van der Waals surface area (Å²) in [6.07, 6.45) is 2.74. The van der Waals surface area contributed by atoms with Crippen LogP contribution in [-0.2, 0) is 6.54 Å². The summed E-state index contributed by atoms with van der Waals surface area (Å²) in [6.45, 7) is 0.201. The summed E-state index contributed by atoms with van der Waals surface area (Å²) in [5.74, 6) is -0.317. The largest absolute Gasteiger partial charge is 0.307 e. The summed E-state index contributed by atoms with van der Waals surface area (Å²) < 4.78 is 15.3. The predicted octanol–water partition coefficient (Wildman–Crippen LogP) is 2.19. The van der Waals surface area contributed by atoms with Gasteiger partial charge in [-0.05, 0) is 22.0 Å².